The highest BCUT2D eigenvalue weighted by molar-refractivity contribution is 8.00. The van der Waals surface area contributed by atoms with Gasteiger partial charge in [0.15, 0.2) is 0 Å². The Balaban J connectivity index is 0.000000168. The van der Waals surface area contributed by atoms with Crippen molar-refractivity contribution in [1.82, 2.24) is 9.97 Å². The first kappa shape index (κ1) is 28.9. The van der Waals surface area contributed by atoms with Gasteiger partial charge in [0.2, 0.25) is 5.91 Å². The molecule has 0 unspecified atom stereocenters. The molecule has 2 heterocycles. The van der Waals surface area contributed by atoms with Crippen molar-refractivity contribution >= 4 is 34.4 Å². The van der Waals surface area contributed by atoms with Gasteiger partial charge in [0.25, 0.3) is 5.56 Å². The number of benzene rings is 4. The molecule has 214 valence electrons. The van der Waals surface area contributed by atoms with Gasteiger partial charge in [0, 0.05) is 4.90 Å². The number of fused-ring (bicyclic) bond motifs is 2. The maximum atomic E-state index is 12.5. The number of hydrogen-bond donors (Lipinski definition) is 2. The molecule has 6 rings (SSSR count). The van der Waals surface area contributed by atoms with Crippen molar-refractivity contribution in [3.05, 3.63) is 113 Å². The van der Waals surface area contributed by atoms with Crippen LogP contribution in [0.25, 0.3) is 33.3 Å². The van der Waals surface area contributed by atoms with Crippen molar-refractivity contribution in [3.63, 3.8) is 0 Å². The van der Waals surface area contributed by atoms with Gasteiger partial charge in [-0.15, -0.1) is 11.8 Å². The zero-order chi connectivity index (χ0) is 30.1. The Hall–Kier alpha value is -4.58. The zero-order valence-electron chi connectivity index (χ0n) is 21.3. The minimum absolute atomic E-state index is 0.0465. The number of rotatable bonds is 2. The summed E-state index contributed by atoms with van der Waals surface area (Å²) in [6.45, 7) is 0. The predicted octanol–water partition coefficient (Wildman–Crippen LogP) is 8.03. The van der Waals surface area contributed by atoms with E-state index in [2.05, 4.69) is 15.3 Å². The number of halogens is 6. The standard InChI is InChI=1S/C15H9F3N2O.C15H10F3NOS/c16-15(17,18)11-4-1-9(2-5-11)10-3-6-12-13(7-10)19-8-14(21)20-12;16-15(17,18)11-4-1-9(2-5-11)10-3-6-12-13(7-10)21-8-14(20)19-12/h1-8H,(H,20,21);1-7H,8H2,(H,19,20). The Labute approximate surface area is 238 Å². The van der Waals surface area contributed by atoms with Crippen LogP contribution in [0.1, 0.15) is 11.1 Å². The van der Waals surface area contributed by atoms with E-state index >= 15 is 0 Å². The van der Waals surface area contributed by atoms with Crippen molar-refractivity contribution in [2.45, 2.75) is 17.2 Å². The Morgan fingerprint density at radius 3 is 1.76 bits per heavy atom. The first-order valence-corrected chi connectivity index (χ1v) is 13.3. The number of H-pyrrole nitrogens is 1. The highest BCUT2D eigenvalue weighted by atomic mass is 32.2. The first-order chi connectivity index (χ1) is 19.9. The number of nitrogens with one attached hydrogen (secondary N) is 2. The largest absolute Gasteiger partial charge is 0.416 e. The molecule has 42 heavy (non-hydrogen) atoms. The number of amides is 1. The molecule has 0 saturated heterocycles. The van der Waals surface area contributed by atoms with Crippen molar-refractivity contribution in [2.24, 2.45) is 0 Å². The summed E-state index contributed by atoms with van der Waals surface area (Å²) in [5.41, 5.74) is 3.17. The number of anilines is 1. The molecule has 0 saturated carbocycles. The molecule has 1 amide bonds. The molecule has 0 aliphatic carbocycles. The summed E-state index contributed by atoms with van der Waals surface area (Å²) >= 11 is 1.42. The molecule has 2 N–H and O–H groups in total. The van der Waals surface area contributed by atoms with E-state index in [1.165, 1.54) is 42.2 Å². The fourth-order valence-corrected chi connectivity index (χ4v) is 5.02. The molecule has 12 heteroatoms. The number of hydrogen-bond acceptors (Lipinski definition) is 4. The Kier molecular flexibility index (Phi) is 7.83. The predicted molar refractivity (Wildman–Crippen MR) is 149 cm³/mol. The molecule has 0 radical (unpaired) electrons. The molecule has 0 spiro atoms. The SMILES string of the molecule is O=C1CSc2cc(-c3ccc(C(F)(F)F)cc3)ccc2N1.O=c1cnc2cc(-c3ccc(C(F)(F)F)cc3)ccc2[nH]1. The molecule has 1 aliphatic rings. The highest BCUT2D eigenvalue weighted by Gasteiger charge is 2.30. The third-order valence-corrected chi connectivity index (χ3v) is 7.34. The van der Waals surface area contributed by atoms with Gasteiger partial charge in [-0.25, -0.2) is 4.98 Å². The van der Waals surface area contributed by atoms with E-state index in [9.17, 15) is 35.9 Å². The lowest BCUT2D eigenvalue weighted by Crippen LogP contribution is -2.18. The Morgan fingerprint density at radius 2 is 1.19 bits per heavy atom. The summed E-state index contributed by atoms with van der Waals surface area (Å²) in [6, 6.07) is 20.5. The number of thioether (sulfide) groups is 1. The molecular formula is C30H19F6N3O2S. The molecule has 1 aromatic heterocycles. The molecular weight excluding hydrogens is 580 g/mol. The van der Waals surface area contributed by atoms with Crippen LogP contribution in [0.3, 0.4) is 0 Å². The third-order valence-electron chi connectivity index (χ3n) is 6.28. The van der Waals surface area contributed by atoms with Gasteiger partial charge < -0.3 is 10.3 Å². The van der Waals surface area contributed by atoms with Gasteiger partial charge in [-0.05, 0) is 70.8 Å². The monoisotopic (exact) mass is 599 g/mol. The van der Waals surface area contributed by atoms with Gasteiger partial charge in [0.1, 0.15) is 0 Å². The lowest BCUT2D eigenvalue weighted by Gasteiger charge is -2.17. The molecule has 5 aromatic rings. The van der Waals surface area contributed by atoms with Crippen LogP contribution >= 0.6 is 11.8 Å². The second-order valence-electron chi connectivity index (χ2n) is 9.18. The second kappa shape index (κ2) is 11.4. The molecule has 0 atom stereocenters. The minimum Gasteiger partial charge on any atom is -0.324 e. The topological polar surface area (TPSA) is 74.8 Å². The molecule has 5 nitrogen and oxygen atoms in total. The van der Waals surface area contributed by atoms with Crippen LogP contribution in [-0.2, 0) is 17.1 Å². The number of aromatic nitrogens is 2. The van der Waals surface area contributed by atoms with Crippen LogP contribution in [0.15, 0.2) is 101 Å². The molecule has 4 aromatic carbocycles. The molecule has 0 bridgehead atoms. The van der Waals surface area contributed by atoms with Crippen LogP contribution in [0, 0.1) is 0 Å². The van der Waals surface area contributed by atoms with Crippen molar-refractivity contribution < 1.29 is 31.1 Å². The van der Waals surface area contributed by atoms with Crippen LogP contribution < -0.4 is 10.9 Å². The average Bonchev–Trinajstić information content (AvgIpc) is 2.96. The zero-order valence-corrected chi connectivity index (χ0v) is 22.1. The van der Waals surface area contributed by atoms with Crippen LogP contribution in [-0.4, -0.2) is 21.6 Å². The number of carbonyl (C=O) groups is 1. The number of aromatic amines is 1. The average molecular weight is 600 g/mol. The molecule has 1 aliphatic heterocycles. The van der Waals surface area contributed by atoms with Gasteiger partial charge in [0.05, 0.1) is 39.8 Å². The summed E-state index contributed by atoms with van der Waals surface area (Å²) in [5.74, 6) is 0.304. The van der Waals surface area contributed by atoms with E-state index in [1.54, 1.807) is 30.3 Å². The molecule has 0 fully saturated rings. The Morgan fingerprint density at radius 1 is 0.667 bits per heavy atom. The van der Waals surface area contributed by atoms with E-state index in [0.29, 0.717) is 27.9 Å². The van der Waals surface area contributed by atoms with E-state index in [4.69, 9.17) is 0 Å². The lowest BCUT2D eigenvalue weighted by molar-refractivity contribution is -0.138. The van der Waals surface area contributed by atoms with E-state index < -0.39 is 23.5 Å². The van der Waals surface area contributed by atoms with Crippen molar-refractivity contribution in [3.8, 4) is 22.3 Å². The number of nitrogens with zero attached hydrogens (tertiary/aromatic N) is 1. The minimum atomic E-state index is -4.34. The Bertz CT molecular complexity index is 1820. The summed E-state index contributed by atoms with van der Waals surface area (Å²) in [6.07, 6.45) is -7.50. The number of alkyl halides is 6. The number of carbonyl (C=O) groups excluding carboxylic acids is 1. The van der Waals surface area contributed by atoms with Crippen molar-refractivity contribution in [1.29, 1.82) is 0 Å². The van der Waals surface area contributed by atoms with Gasteiger partial charge in [-0.2, -0.15) is 26.3 Å². The summed E-state index contributed by atoms with van der Waals surface area (Å²) in [4.78, 5) is 30.0. The third kappa shape index (κ3) is 6.65. The smallest absolute Gasteiger partial charge is 0.324 e. The van der Waals surface area contributed by atoms with Crippen molar-refractivity contribution in [2.75, 3.05) is 11.1 Å². The quantitative estimate of drug-likeness (QED) is 0.202. The van der Waals surface area contributed by atoms with Crippen LogP contribution in [0.4, 0.5) is 32.0 Å². The van der Waals surface area contributed by atoms with Gasteiger partial charge in [-0.1, -0.05) is 36.4 Å². The van der Waals surface area contributed by atoms with Crippen LogP contribution in [0.2, 0.25) is 0 Å². The van der Waals surface area contributed by atoms with E-state index in [-0.39, 0.29) is 11.5 Å². The highest BCUT2D eigenvalue weighted by Crippen LogP contribution is 2.36. The maximum Gasteiger partial charge on any atom is 0.416 e. The summed E-state index contributed by atoms with van der Waals surface area (Å²) in [5, 5.41) is 2.76. The van der Waals surface area contributed by atoms with E-state index in [0.717, 1.165) is 46.0 Å². The fourth-order valence-electron chi connectivity index (χ4n) is 4.17. The summed E-state index contributed by atoms with van der Waals surface area (Å²) < 4.78 is 75.2. The normalized spacial score (nSPS) is 13.1. The summed E-state index contributed by atoms with van der Waals surface area (Å²) in [7, 11) is 0. The first-order valence-electron chi connectivity index (χ1n) is 12.3. The van der Waals surface area contributed by atoms with Crippen LogP contribution in [0.5, 0.6) is 0 Å². The lowest BCUT2D eigenvalue weighted by atomic mass is 10.0. The van der Waals surface area contributed by atoms with E-state index in [1.807, 2.05) is 6.07 Å². The second-order valence-corrected chi connectivity index (χ2v) is 10.2. The van der Waals surface area contributed by atoms with Gasteiger partial charge >= 0.3 is 12.4 Å². The maximum absolute atomic E-state index is 12.5. The fraction of sp³-hybridized carbons (Fsp3) is 0.100. The van der Waals surface area contributed by atoms with Gasteiger partial charge in [-0.3, -0.25) is 9.59 Å².